The lowest BCUT2D eigenvalue weighted by atomic mass is 9.92. The SMILES string of the molecule is CC(C)CCN(CCCNc1c2c(nc3ccccc13)CCCC2)CCC(C)C.O=P(O)(O)O. The Balaban J connectivity index is 0.000000739. The van der Waals surface area contributed by atoms with E-state index in [9.17, 15) is 0 Å². The van der Waals surface area contributed by atoms with E-state index in [1.54, 1.807) is 0 Å². The van der Waals surface area contributed by atoms with Crippen LogP contribution >= 0.6 is 7.82 Å². The molecule has 0 amide bonds. The Morgan fingerprint density at radius 3 is 2.18 bits per heavy atom. The highest BCUT2D eigenvalue weighted by molar-refractivity contribution is 7.45. The van der Waals surface area contributed by atoms with Gasteiger partial charge in [0.1, 0.15) is 0 Å². The first-order valence-corrected chi connectivity index (χ1v) is 14.3. The number of benzene rings is 1. The molecule has 0 fully saturated rings. The van der Waals surface area contributed by atoms with E-state index in [0.717, 1.165) is 30.3 Å². The highest BCUT2D eigenvalue weighted by Crippen LogP contribution is 2.33. The Morgan fingerprint density at radius 2 is 1.56 bits per heavy atom. The topological polar surface area (TPSA) is 106 Å². The fourth-order valence-electron chi connectivity index (χ4n) is 4.31. The molecule has 0 aliphatic heterocycles. The van der Waals surface area contributed by atoms with Gasteiger partial charge < -0.3 is 24.9 Å². The zero-order valence-corrected chi connectivity index (χ0v) is 22.2. The van der Waals surface area contributed by atoms with Gasteiger partial charge in [0.05, 0.1) is 5.52 Å². The van der Waals surface area contributed by atoms with Gasteiger partial charge in [0.15, 0.2) is 0 Å². The summed E-state index contributed by atoms with van der Waals surface area (Å²) in [6.45, 7) is 14.0. The molecule has 8 heteroatoms. The minimum Gasteiger partial charge on any atom is -0.384 e. The van der Waals surface area contributed by atoms with E-state index in [2.05, 4.69) is 62.2 Å². The molecule has 0 radical (unpaired) electrons. The van der Waals surface area contributed by atoms with Crippen LogP contribution in [0.5, 0.6) is 0 Å². The van der Waals surface area contributed by atoms with Crippen LogP contribution in [0.3, 0.4) is 0 Å². The van der Waals surface area contributed by atoms with Crippen molar-refractivity contribution in [2.24, 2.45) is 11.8 Å². The van der Waals surface area contributed by atoms with Crippen molar-refractivity contribution in [2.75, 3.05) is 31.5 Å². The second-order valence-electron chi connectivity index (χ2n) is 10.1. The first kappa shape index (κ1) is 28.7. The third-order valence-corrected chi connectivity index (χ3v) is 6.17. The van der Waals surface area contributed by atoms with Crippen molar-refractivity contribution in [3.05, 3.63) is 35.5 Å². The number of nitrogens with zero attached hydrogens (tertiary/aromatic N) is 2. The van der Waals surface area contributed by atoms with Crippen molar-refractivity contribution in [3.63, 3.8) is 0 Å². The van der Waals surface area contributed by atoms with E-state index in [1.807, 2.05) is 0 Å². The van der Waals surface area contributed by atoms with Crippen molar-refractivity contribution in [1.82, 2.24) is 9.88 Å². The molecule has 1 aromatic carbocycles. The summed E-state index contributed by atoms with van der Waals surface area (Å²) in [6.07, 6.45) is 8.67. The molecule has 34 heavy (non-hydrogen) atoms. The smallest absolute Gasteiger partial charge is 0.384 e. The molecule has 1 aromatic heterocycles. The van der Waals surface area contributed by atoms with E-state index in [1.165, 1.54) is 80.5 Å². The molecule has 0 saturated heterocycles. The third-order valence-electron chi connectivity index (χ3n) is 6.17. The predicted octanol–water partition coefficient (Wildman–Crippen LogP) is 5.38. The van der Waals surface area contributed by atoms with Crippen LogP contribution < -0.4 is 5.32 Å². The fraction of sp³-hybridized carbons (Fsp3) is 0.654. The van der Waals surface area contributed by atoms with Crippen LogP contribution in [0.15, 0.2) is 24.3 Å². The number of aromatic nitrogens is 1. The number of anilines is 1. The number of pyridine rings is 1. The average molecular weight is 494 g/mol. The minimum atomic E-state index is -4.64. The monoisotopic (exact) mass is 493 g/mol. The molecule has 4 N–H and O–H groups in total. The first-order valence-electron chi connectivity index (χ1n) is 12.7. The molecular formula is C26H44N3O4P. The van der Waals surface area contributed by atoms with Gasteiger partial charge in [-0.2, -0.15) is 0 Å². The second kappa shape index (κ2) is 14.2. The van der Waals surface area contributed by atoms with E-state index in [-0.39, 0.29) is 0 Å². The number of nitrogens with one attached hydrogen (secondary N) is 1. The van der Waals surface area contributed by atoms with Crippen LogP contribution in [0.2, 0.25) is 0 Å². The van der Waals surface area contributed by atoms with E-state index >= 15 is 0 Å². The van der Waals surface area contributed by atoms with Crippen molar-refractivity contribution >= 4 is 24.4 Å². The molecule has 2 aromatic rings. The molecule has 3 rings (SSSR count). The van der Waals surface area contributed by atoms with Crippen LogP contribution in [-0.4, -0.2) is 50.7 Å². The Morgan fingerprint density at radius 1 is 0.971 bits per heavy atom. The van der Waals surface area contributed by atoms with Gasteiger partial charge >= 0.3 is 7.82 Å². The first-order chi connectivity index (χ1) is 16.0. The highest BCUT2D eigenvalue weighted by Gasteiger charge is 2.18. The number of fused-ring (bicyclic) bond motifs is 2. The lowest BCUT2D eigenvalue weighted by Crippen LogP contribution is -2.30. The molecule has 1 heterocycles. The maximum absolute atomic E-state index is 8.88. The minimum absolute atomic E-state index is 0.782. The normalized spacial score (nSPS) is 13.8. The van der Waals surface area contributed by atoms with Crippen molar-refractivity contribution in [1.29, 1.82) is 0 Å². The van der Waals surface area contributed by atoms with E-state index < -0.39 is 7.82 Å². The summed E-state index contributed by atoms with van der Waals surface area (Å²) in [4.78, 5) is 29.2. The second-order valence-corrected chi connectivity index (χ2v) is 11.2. The van der Waals surface area contributed by atoms with Gasteiger partial charge in [0.2, 0.25) is 0 Å². The molecule has 0 unspecified atom stereocenters. The Kier molecular flexibility index (Phi) is 12.0. The number of hydrogen-bond donors (Lipinski definition) is 4. The van der Waals surface area contributed by atoms with E-state index in [0.29, 0.717) is 0 Å². The molecule has 0 saturated carbocycles. The van der Waals surface area contributed by atoms with Crippen LogP contribution in [-0.2, 0) is 17.4 Å². The van der Waals surface area contributed by atoms with Crippen LogP contribution in [0, 0.1) is 11.8 Å². The predicted molar refractivity (Wildman–Crippen MR) is 141 cm³/mol. The van der Waals surface area contributed by atoms with Gasteiger partial charge in [-0.1, -0.05) is 45.9 Å². The van der Waals surface area contributed by atoms with Gasteiger partial charge in [-0.05, 0) is 88.0 Å². The number of para-hydroxylation sites is 1. The molecule has 1 aliphatic carbocycles. The summed E-state index contributed by atoms with van der Waals surface area (Å²) in [7, 11) is -4.64. The lowest BCUT2D eigenvalue weighted by molar-refractivity contribution is 0.243. The van der Waals surface area contributed by atoms with Gasteiger partial charge in [0.25, 0.3) is 0 Å². The van der Waals surface area contributed by atoms with Crippen molar-refractivity contribution < 1.29 is 19.2 Å². The van der Waals surface area contributed by atoms with Crippen molar-refractivity contribution in [3.8, 4) is 0 Å². The van der Waals surface area contributed by atoms with E-state index in [4.69, 9.17) is 24.2 Å². The summed E-state index contributed by atoms with van der Waals surface area (Å²) >= 11 is 0. The largest absolute Gasteiger partial charge is 0.466 e. The lowest BCUT2D eigenvalue weighted by Gasteiger charge is -2.25. The third kappa shape index (κ3) is 10.8. The summed E-state index contributed by atoms with van der Waals surface area (Å²) in [5, 5.41) is 5.13. The fourth-order valence-corrected chi connectivity index (χ4v) is 4.31. The van der Waals surface area contributed by atoms with Crippen LogP contribution in [0.4, 0.5) is 5.69 Å². The quantitative estimate of drug-likeness (QED) is 0.246. The zero-order valence-electron chi connectivity index (χ0n) is 21.3. The number of phosphoric acid groups is 1. The Hall–Kier alpha value is -1.50. The van der Waals surface area contributed by atoms with Gasteiger partial charge in [0, 0.05) is 23.3 Å². The maximum Gasteiger partial charge on any atom is 0.466 e. The molecule has 7 nitrogen and oxygen atoms in total. The average Bonchev–Trinajstić information content (AvgIpc) is 2.75. The van der Waals surface area contributed by atoms with Crippen LogP contribution in [0.25, 0.3) is 10.9 Å². The molecule has 0 spiro atoms. The molecule has 192 valence electrons. The zero-order chi connectivity index (χ0) is 25.1. The van der Waals surface area contributed by atoms with Crippen molar-refractivity contribution in [2.45, 2.75) is 72.6 Å². The Bertz CT molecular complexity index is 909. The Labute approximate surface area is 205 Å². The molecule has 0 atom stereocenters. The summed E-state index contributed by atoms with van der Waals surface area (Å²) in [5.41, 5.74) is 5.31. The number of aryl methyl sites for hydroxylation is 1. The summed E-state index contributed by atoms with van der Waals surface area (Å²) in [5.74, 6) is 1.56. The highest BCUT2D eigenvalue weighted by atomic mass is 31.2. The van der Waals surface area contributed by atoms with Crippen LogP contribution in [0.1, 0.15) is 71.1 Å². The standard InChI is InChI=1S/C26H41N3.H3O4P/c1-20(2)14-18-29(19-15-21(3)4)17-9-16-27-26-22-10-5-7-12-24(22)28-25-13-8-6-11-23(25)26;1-5(2,3)4/h5,7,10,12,20-21H,6,8-9,11,13-19H2,1-4H3,(H,27,28);(H3,1,2,3,4). The van der Waals surface area contributed by atoms with Gasteiger partial charge in [-0.3, -0.25) is 4.98 Å². The maximum atomic E-state index is 8.88. The molecule has 1 aliphatic rings. The summed E-state index contributed by atoms with van der Waals surface area (Å²) < 4.78 is 8.88. The van der Waals surface area contributed by atoms with Gasteiger partial charge in [-0.25, -0.2) is 4.57 Å². The van der Waals surface area contributed by atoms with Gasteiger partial charge in [-0.15, -0.1) is 0 Å². The number of rotatable bonds is 11. The molecule has 0 bridgehead atoms. The number of hydrogen-bond acceptors (Lipinski definition) is 4. The molecular weight excluding hydrogens is 449 g/mol. The summed E-state index contributed by atoms with van der Waals surface area (Å²) in [6, 6.07) is 8.64.